The van der Waals surface area contributed by atoms with Crippen LogP contribution in [-0.2, 0) is 0 Å². The number of nitrogens with zero attached hydrogens (tertiary/aromatic N) is 2. The number of hydrogen-bond acceptors (Lipinski definition) is 4. The van der Waals surface area contributed by atoms with E-state index in [1.54, 1.807) is 6.20 Å². The Bertz CT molecular complexity index is 322. The Kier molecular flexibility index (Phi) is 2.56. The number of aromatic nitrogens is 2. The second-order valence-electron chi connectivity index (χ2n) is 3.64. The van der Waals surface area contributed by atoms with Gasteiger partial charge in [-0.3, -0.25) is 0 Å². The zero-order valence-electron chi connectivity index (χ0n) is 7.70. The van der Waals surface area contributed by atoms with Gasteiger partial charge in [0.2, 0.25) is 0 Å². The third-order valence-corrected chi connectivity index (χ3v) is 2.94. The minimum atomic E-state index is -0.210. The van der Waals surface area contributed by atoms with Crippen molar-refractivity contribution in [1.29, 1.82) is 0 Å². The van der Waals surface area contributed by atoms with Crippen LogP contribution in [0.4, 0.5) is 5.82 Å². The Morgan fingerprint density at radius 1 is 1.57 bits per heavy atom. The van der Waals surface area contributed by atoms with Crippen molar-refractivity contribution in [3.63, 3.8) is 0 Å². The summed E-state index contributed by atoms with van der Waals surface area (Å²) >= 11 is 5.90. The van der Waals surface area contributed by atoms with Crippen LogP contribution in [0.25, 0.3) is 0 Å². The summed E-state index contributed by atoms with van der Waals surface area (Å²) in [7, 11) is 0. The van der Waals surface area contributed by atoms with Gasteiger partial charge in [0, 0.05) is 0 Å². The van der Waals surface area contributed by atoms with Crippen molar-refractivity contribution in [2.45, 2.75) is 24.8 Å². The van der Waals surface area contributed by atoms with E-state index in [0.29, 0.717) is 10.8 Å². The van der Waals surface area contributed by atoms with Gasteiger partial charge in [-0.1, -0.05) is 11.6 Å². The highest BCUT2D eigenvalue weighted by atomic mass is 35.5. The maximum absolute atomic E-state index is 9.24. The summed E-state index contributed by atoms with van der Waals surface area (Å²) in [4.78, 5) is 7.83. The zero-order chi connectivity index (χ0) is 10.0. The second kappa shape index (κ2) is 3.71. The summed E-state index contributed by atoms with van der Waals surface area (Å²) in [6.45, 7) is 0.118. The van der Waals surface area contributed by atoms with Gasteiger partial charge < -0.3 is 10.4 Å². The minimum Gasteiger partial charge on any atom is -0.394 e. The van der Waals surface area contributed by atoms with E-state index >= 15 is 0 Å². The van der Waals surface area contributed by atoms with E-state index in [2.05, 4.69) is 15.3 Å². The second-order valence-corrected chi connectivity index (χ2v) is 4.04. The Balaban J connectivity index is 2.13. The number of aliphatic hydroxyl groups is 1. The van der Waals surface area contributed by atoms with Crippen molar-refractivity contribution in [3.05, 3.63) is 17.5 Å². The molecule has 2 N–H and O–H groups in total. The SMILES string of the molecule is OCC1(Nc2ncncc2Cl)CCC1. The lowest BCUT2D eigenvalue weighted by Crippen LogP contribution is -2.48. The number of rotatable bonds is 3. The maximum atomic E-state index is 9.24. The van der Waals surface area contributed by atoms with Crippen LogP contribution in [0.3, 0.4) is 0 Å². The molecule has 1 aromatic rings. The first-order valence-corrected chi connectivity index (χ1v) is 4.98. The Labute approximate surface area is 87.3 Å². The normalized spacial score (nSPS) is 18.7. The summed E-state index contributed by atoms with van der Waals surface area (Å²) in [6.07, 6.45) is 6.04. The lowest BCUT2D eigenvalue weighted by atomic mass is 9.77. The molecule has 1 aromatic heterocycles. The molecular formula is C9H12ClN3O. The van der Waals surface area contributed by atoms with E-state index in [1.807, 2.05) is 0 Å². The quantitative estimate of drug-likeness (QED) is 0.798. The highest BCUT2D eigenvalue weighted by Crippen LogP contribution is 2.35. The zero-order valence-corrected chi connectivity index (χ0v) is 8.46. The van der Waals surface area contributed by atoms with Crippen LogP contribution in [0, 0.1) is 0 Å². The molecule has 1 aliphatic carbocycles. The summed E-state index contributed by atoms with van der Waals surface area (Å²) in [5, 5.41) is 12.9. The molecule has 1 saturated carbocycles. The first-order chi connectivity index (χ1) is 6.76. The van der Waals surface area contributed by atoms with Crippen molar-refractivity contribution < 1.29 is 5.11 Å². The summed E-state index contributed by atoms with van der Waals surface area (Å²) in [6, 6.07) is 0. The van der Waals surface area contributed by atoms with Crippen molar-refractivity contribution >= 4 is 17.4 Å². The van der Waals surface area contributed by atoms with E-state index in [-0.39, 0.29) is 12.1 Å². The Hall–Kier alpha value is -0.870. The highest BCUT2D eigenvalue weighted by Gasteiger charge is 2.36. The number of aliphatic hydroxyl groups excluding tert-OH is 1. The predicted molar refractivity (Wildman–Crippen MR) is 54.3 cm³/mol. The molecule has 76 valence electrons. The van der Waals surface area contributed by atoms with Gasteiger partial charge in [-0.2, -0.15) is 0 Å². The summed E-state index contributed by atoms with van der Waals surface area (Å²) in [5.41, 5.74) is -0.210. The number of anilines is 1. The van der Waals surface area contributed by atoms with Gasteiger partial charge >= 0.3 is 0 Å². The molecule has 5 heteroatoms. The molecule has 0 spiro atoms. The van der Waals surface area contributed by atoms with Crippen molar-refractivity contribution in [3.8, 4) is 0 Å². The fourth-order valence-corrected chi connectivity index (χ4v) is 1.73. The number of halogens is 1. The van der Waals surface area contributed by atoms with E-state index in [4.69, 9.17) is 11.6 Å². The molecule has 0 unspecified atom stereocenters. The monoisotopic (exact) mass is 213 g/mol. The largest absolute Gasteiger partial charge is 0.394 e. The fraction of sp³-hybridized carbons (Fsp3) is 0.556. The molecule has 0 aromatic carbocycles. The minimum absolute atomic E-state index is 0.118. The highest BCUT2D eigenvalue weighted by molar-refractivity contribution is 6.32. The van der Waals surface area contributed by atoms with Gasteiger partial charge in [0.25, 0.3) is 0 Å². The molecule has 0 amide bonds. The standard InChI is InChI=1S/C9H12ClN3O/c10-7-4-11-6-12-8(7)13-9(5-14)2-1-3-9/h4,6,14H,1-3,5H2,(H,11,12,13). The summed E-state index contributed by atoms with van der Waals surface area (Å²) < 4.78 is 0. The smallest absolute Gasteiger partial charge is 0.148 e. The predicted octanol–water partition coefficient (Wildman–Crippen LogP) is 1.46. The van der Waals surface area contributed by atoms with Crippen LogP contribution in [0.2, 0.25) is 5.02 Å². The van der Waals surface area contributed by atoms with Crippen LogP contribution < -0.4 is 5.32 Å². The maximum Gasteiger partial charge on any atom is 0.148 e. The fourth-order valence-electron chi connectivity index (χ4n) is 1.58. The third kappa shape index (κ3) is 1.67. The molecule has 0 saturated heterocycles. The van der Waals surface area contributed by atoms with Gasteiger partial charge in [0.1, 0.15) is 17.2 Å². The Morgan fingerprint density at radius 2 is 2.36 bits per heavy atom. The van der Waals surface area contributed by atoms with Gasteiger partial charge in [-0.15, -0.1) is 0 Å². The van der Waals surface area contributed by atoms with Crippen LogP contribution in [0.1, 0.15) is 19.3 Å². The molecule has 0 radical (unpaired) electrons. The van der Waals surface area contributed by atoms with Gasteiger partial charge in [0.15, 0.2) is 0 Å². The lowest BCUT2D eigenvalue weighted by Gasteiger charge is -2.41. The molecule has 14 heavy (non-hydrogen) atoms. The lowest BCUT2D eigenvalue weighted by molar-refractivity contribution is 0.144. The molecule has 1 aliphatic rings. The molecule has 4 nitrogen and oxygen atoms in total. The van der Waals surface area contributed by atoms with Crippen LogP contribution in [0.15, 0.2) is 12.5 Å². The molecule has 1 heterocycles. The van der Waals surface area contributed by atoms with E-state index in [1.165, 1.54) is 6.33 Å². The number of nitrogens with one attached hydrogen (secondary N) is 1. The molecule has 0 aliphatic heterocycles. The van der Waals surface area contributed by atoms with Crippen LogP contribution >= 0.6 is 11.6 Å². The first-order valence-electron chi connectivity index (χ1n) is 4.60. The number of hydrogen-bond donors (Lipinski definition) is 2. The third-order valence-electron chi connectivity index (χ3n) is 2.66. The van der Waals surface area contributed by atoms with Gasteiger partial charge in [-0.05, 0) is 19.3 Å². The van der Waals surface area contributed by atoms with E-state index in [0.717, 1.165) is 19.3 Å². The van der Waals surface area contributed by atoms with E-state index < -0.39 is 0 Å². The van der Waals surface area contributed by atoms with Crippen molar-refractivity contribution in [1.82, 2.24) is 9.97 Å². The first kappa shape index (κ1) is 9.68. The van der Waals surface area contributed by atoms with E-state index in [9.17, 15) is 5.11 Å². The van der Waals surface area contributed by atoms with Crippen molar-refractivity contribution in [2.75, 3.05) is 11.9 Å². The molecule has 1 fully saturated rings. The molecule has 2 rings (SSSR count). The molecule has 0 atom stereocenters. The van der Waals surface area contributed by atoms with Crippen LogP contribution in [0.5, 0.6) is 0 Å². The van der Waals surface area contributed by atoms with Crippen molar-refractivity contribution in [2.24, 2.45) is 0 Å². The van der Waals surface area contributed by atoms with Crippen LogP contribution in [-0.4, -0.2) is 27.2 Å². The van der Waals surface area contributed by atoms with Gasteiger partial charge in [-0.25, -0.2) is 9.97 Å². The summed E-state index contributed by atoms with van der Waals surface area (Å²) in [5.74, 6) is 0.607. The Morgan fingerprint density at radius 3 is 2.86 bits per heavy atom. The average molecular weight is 214 g/mol. The van der Waals surface area contributed by atoms with Gasteiger partial charge in [0.05, 0.1) is 18.3 Å². The molecular weight excluding hydrogens is 202 g/mol. The molecule has 0 bridgehead atoms. The topological polar surface area (TPSA) is 58.0 Å². The average Bonchev–Trinajstić information content (AvgIpc) is 2.14.